The van der Waals surface area contributed by atoms with Crippen LogP contribution in [-0.4, -0.2) is 35.1 Å². The Morgan fingerprint density at radius 1 is 0.833 bits per heavy atom. The molecule has 1 aliphatic heterocycles. The van der Waals surface area contributed by atoms with Crippen molar-refractivity contribution >= 4 is 29.4 Å². The molecular formula is C29H28N2O5. The van der Waals surface area contributed by atoms with Gasteiger partial charge in [0, 0.05) is 24.2 Å². The summed E-state index contributed by atoms with van der Waals surface area (Å²) >= 11 is 0. The van der Waals surface area contributed by atoms with Crippen LogP contribution in [0.2, 0.25) is 0 Å². The zero-order valence-corrected chi connectivity index (χ0v) is 20.4. The van der Waals surface area contributed by atoms with Crippen LogP contribution in [-0.2, 0) is 4.79 Å². The van der Waals surface area contributed by atoms with E-state index in [4.69, 9.17) is 4.74 Å². The summed E-state index contributed by atoms with van der Waals surface area (Å²) in [6.45, 7) is 4.26. The second-order valence-corrected chi connectivity index (χ2v) is 8.89. The number of anilines is 1. The van der Waals surface area contributed by atoms with Gasteiger partial charge in [0.05, 0.1) is 11.1 Å². The fourth-order valence-electron chi connectivity index (χ4n) is 4.16. The Morgan fingerprint density at radius 3 is 2.14 bits per heavy atom. The molecule has 0 spiro atoms. The van der Waals surface area contributed by atoms with Crippen molar-refractivity contribution < 1.29 is 23.9 Å². The Hall–Kier alpha value is -4.26. The molecule has 0 bridgehead atoms. The van der Waals surface area contributed by atoms with E-state index in [0.29, 0.717) is 48.2 Å². The van der Waals surface area contributed by atoms with Crippen LogP contribution < -0.4 is 10.1 Å². The lowest BCUT2D eigenvalue weighted by atomic mass is 10.1. The zero-order valence-electron chi connectivity index (χ0n) is 20.4. The first kappa shape index (κ1) is 24.9. The molecule has 1 heterocycles. The predicted molar refractivity (Wildman–Crippen MR) is 136 cm³/mol. The molecule has 1 N–H and O–H groups in total. The monoisotopic (exact) mass is 484 g/mol. The van der Waals surface area contributed by atoms with Crippen LogP contribution in [0.3, 0.4) is 0 Å². The van der Waals surface area contributed by atoms with Gasteiger partial charge in [0.2, 0.25) is 0 Å². The first-order chi connectivity index (χ1) is 17.3. The molecule has 0 saturated carbocycles. The van der Waals surface area contributed by atoms with Gasteiger partial charge < -0.3 is 10.1 Å². The molecule has 0 aliphatic carbocycles. The molecule has 1 aliphatic rings. The van der Waals surface area contributed by atoms with E-state index >= 15 is 0 Å². The normalized spacial score (nSPS) is 12.4. The van der Waals surface area contributed by atoms with Crippen molar-refractivity contribution in [3.05, 3.63) is 94.5 Å². The summed E-state index contributed by atoms with van der Waals surface area (Å²) in [5.41, 5.74) is 4.21. The number of nitrogens with zero attached hydrogens (tertiary/aromatic N) is 1. The highest BCUT2D eigenvalue weighted by Gasteiger charge is 2.34. The highest BCUT2D eigenvalue weighted by Crippen LogP contribution is 2.23. The summed E-state index contributed by atoms with van der Waals surface area (Å²) in [7, 11) is 0. The molecule has 184 valence electrons. The van der Waals surface area contributed by atoms with E-state index in [1.54, 1.807) is 48.5 Å². The smallest absolute Gasteiger partial charge is 0.311 e. The first-order valence-corrected chi connectivity index (χ1v) is 12.0. The highest BCUT2D eigenvalue weighted by molar-refractivity contribution is 6.21. The van der Waals surface area contributed by atoms with Crippen molar-refractivity contribution in [3.8, 4) is 5.75 Å². The lowest BCUT2D eigenvalue weighted by Gasteiger charge is -2.13. The minimum absolute atomic E-state index is 0.219. The molecular weight excluding hydrogens is 456 g/mol. The minimum Gasteiger partial charge on any atom is -0.427 e. The van der Waals surface area contributed by atoms with Gasteiger partial charge in [0.1, 0.15) is 5.75 Å². The van der Waals surface area contributed by atoms with E-state index in [1.807, 2.05) is 32.0 Å². The van der Waals surface area contributed by atoms with Crippen LogP contribution >= 0.6 is 0 Å². The molecule has 0 fully saturated rings. The van der Waals surface area contributed by atoms with E-state index in [-0.39, 0.29) is 30.1 Å². The Morgan fingerprint density at radius 2 is 1.50 bits per heavy atom. The third kappa shape index (κ3) is 5.68. The van der Waals surface area contributed by atoms with Gasteiger partial charge in [-0.3, -0.25) is 24.1 Å². The van der Waals surface area contributed by atoms with Crippen molar-refractivity contribution in [2.24, 2.45) is 0 Å². The quantitative estimate of drug-likeness (QED) is 0.192. The number of nitrogens with one attached hydrogen (secondary N) is 1. The van der Waals surface area contributed by atoms with Gasteiger partial charge in [-0.25, -0.2) is 0 Å². The molecule has 0 aromatic heterocycles. The van der Waals surface area contributed by atoms with Crippen molar-refractivity contribution in [1.29, 1.82) is 0 Å². The van der Waals surface area contributed by atoms with Crippen molar-refractivity contribution in [2.45, 2.75) is 39.5 Å². The molecule has 0 saturated heterocycles. The lowest BCUT2D eigenvalue weighted by Crippen LogP contribution is -2.30. The van der Waals surface area contributed by atoms with Crippen molar-refractivity contribution in [1.82, 2.24) is 4.90 Å². The van der Waals surface area contributed by atoms with E-state index in [0.717, 1.165) is 16.8 Å². The van der Waals surface area contributed by atoms with Crippen molar-refractivity contribution in [3.63, 3.8) is 0 Å². The maximum atomic E-state index is 12.5. The summed E-state index contributed by atoms with van der Waals surface area (Å²) in [6, 6.07) is 19.0. The van der Waals surface area contributed by atoms with Gasteiger partial charge in [-0.15, -0.1) is 0 Å². The average Bonchev–Trinajstić information content (AvgIpc) is 3.11. The molecule has 0 atom stereocenters. The van der Waals surface area contributed by atoms with Gasteiger partial charge in [-0.1, -0.05) is 36.2 Å². The molecule has 3 aromatic carbocycles. The Kier molecular flexibility index (Phi) is 7.59. The summed E-state index contributed by atoms with van der Waals surface area (Å²) in [5, 5.41) is 2.89. The molecule has 7 heteroatoms. The topological polar surface area (TPSA) is 92.8 Å². The summed E-state index contributed by atoms with van der Waals surface area (Å²) in [4.78, 5) is 50.7. The van der Waals surface area contributed by atoms with Crippen LogP contribution in [0.15, 0.2) is 66.7 Å². The van der Waals surface area contributed by atoms with Gasteiger partial charge in [0.25, 0.3) is 17.7 Å². The number of fused-ring (bicyclic) bond motifs is 1. The number of benzene rings is 3. The molecule has 7 nitrogen and oxygen atoms in total. The molecule has 3 aromatic rings. The van der Waals surface area contributed by atoms with Gasteiger partial charge in [-0.05, 0) is 74.7 Å². The number of ether oxygens (including phenoxy) is 1. The highest BCUT2D eigenvalue weighted by atomic mass is 16.5. The van der Waals surface area contributed by atoms with Gasteiger partial charge in [0.15, 0.2) is 0 Å². The number of carbonyl (C=O) groups is 4. The average molecular weight is 485 g/mol. The van der Waals surface area contributed by atoms with Crippen LogP contribution in [0.4, 0.5) is 5.69 Å². The van der Waals surface area contributed by atoms with Gasteiger partial charge in [-0.2, -0.15) is 0 Å². The maximum Gasteiger partial charge on any atom is 0.311 e. The SMILES string of the molecule is Cc1ccc(NC(=O)c2ccc(OC(=O)CCCCCN3C(=O)c4ccccc4C3=O)cc2)c(C)c1. The third-order valence-corrected chi connectivity index (χ3v) is 6.12. The number of hydrogen-bond acceptors (Lipinski definition) is 5. The second-order valence-electron chi connectivity index (χ2n) is 8.89. The van der Waals surface area contributed by atoms with Crippen LogP contribution in [0.1, 0.15) is 67.9 Å². The fourth-order valence-corrected chi connectivity index (χ4v) is 4.16. The predicted octanol–water partition coefficient (Wildman–Crippen LogP) is 5.32. The van der Waals surface area contributed by atoms with Crippen LogP contribution in [0.5, 0.6) is 5.75 Å². The van der Waals surface area contributed by atoms with E-state index in [9.17, 15) is 19.2 Å². The van der Waals surface area contributed by atoms with E-state index in [2.05, 4.69) is 5.32 Å². The number of esters is 1. The number of rotatable bonds is 9. The minimum atomic E-state index is -0.372. The van der Waals surface area contributed by atoms with E-state index in [1.165, 1.54) is 4.90 Å². The number of imide groups is 1. The molecule has 0 unspecified atom stereocenters. The van der Waals surface area contributed by atoms with Crippen molar-refractivity contribution in [2.75, 3.05) is 11.9 Å². The summed E-state index contributed by atoms with van der Waals surface area (Å²) in [6.07, 6.45) is 2.10. The van der Waals surface area contributed by atoms with Crippen LogP contribution in [0.25, 0.3) is 0 Å². The number of amides is 3. The zero-order chi connectivity index (χ0) is 25.7. The summed E-state index contributed by atoms with van der Waals surface area (Å²) < 4.78 is 5.37. The Labute approximate surface area is 210 Å². The molecule has 3 amide bonds. The number of hydrogen-bond donors (Lipinski definition) is 1. The molecule has 36 heavy (non-hydrogen) atoms. The summed E-state index contributed by atoms with van der Waals surface area (Å²) in [5.74, 6) is -0.766. The lowest BCUT2D eigenvalue weighted by molar-refractivity contribution is -0.134. The fraction of sp³-hybridized carbons (Fsp3) is 0.241. The van der Waals surface area contributed by atoms with Gasteiger partial charge >= 0.3 is 5.97 Å². The number of aryl methyl sites for hydroxylation is 2. The molecule has 0 radical (unpaired) electrons. The second kappa shape index (κ2) is 11.0. The van der Waals surface area contributed by atoms with Crippen LogP contribution in [0, 0.1) is 13.8 Å². The van der Waals surface area contributed by atoms with E-state index < -0.39 is 0 Å². The first-order valence-electron chi connectivity index (χ1n) is 12.0. The maximum absolute atomic E-state index is 12.5. The molecule has 4 rings (SSSR count). The Balaban J connectivity index is 1.18. The standard InChI is InChI=1S/C29H28N2O5/c1-19-11-16-25(20(2)18-19)30-27(33)21-12-14-22(15-13-21)36-26(32)10-4-3-7-17-31-28(34)23-8-5-6-9-24(23)29(31)35/h5-6,8-9,11-16,18H,3-4,7,10,17H2,1-2H3,(H,30,33). The third-order valence-electron chi connectivity index (χ3n) is 6.12. The number of carbonyl (C=O) groups excluding carboxylic acids is 4. The Bertz CT molecular complexity index is 1280. The largest absolute Gasteiger partial charge is 0.427 e. The number of unbranched alkanes of at least 4 members (excludes halogenated alkanes) is 2.